The summed E-state index contributed by atoms with van der Waals surface area (Å²) in [7, 11) is 0. The number of amides is 5. The maximum atomic E-state index is 12.7. The van der Waals surface area contributed by atoms with E-state index in [0.717, 1.165) is 30.0 Å². The maximum absolute atomic E-state index is 12.7. The van der Waals surface area contributed by atoms with Crippen LogP contribution in [0.25, 0.3) is 0 Å². The molecule has 184 valence electrons. The van der Waals surface area contributed by atoms with Crippen LogP contribution in [0.2, 0.25) is 0 Å². The van der Waals surface area contributed by atoms with Crippen molar-refractivity contribution in [1.82, 2.24) is 25.0 Å². The predicted molar refractivity (Wildman–Crippen MR) is 132 cm³/mol. The third-order valence-electron chi connectivity index (χ3n) is 7.10. The van der Waals surface area contributed by atoms with Gasteiger partial charge in [-0.15, -0.1) is 0 Å². The number of benzene rings is 1. The molecule has 35 heavy (non-hydrogen) atoms. The molecule has 2 aromatic rings. The van der Waals surface area contributed by atoms with Gasteiger partial charge in [-0.25, -0.2) is 9.59 Å². The Morgan fingerprint density at radius 1 is 0.943 bits per heavy atom. The molecular formula is C25H31N7O3. The Kier molecular flexibility index (Phi) is 6.69. The first kappa shape index (κ1) is 22.9. The van der Waals surface area contributed by atoms with Gasteiger partial charge in [-0.2, -0.15) is 0 Å². The van der Waals surface area contributed by atoms with E-state index in [0.29, 0.717) is 45.6 Å². The zero-order valence-corrected chi connectivity index (χ0v) is 19.7. The number of nitrogens with one attached hydrogen (secondary N) is 2. The maximum Gasteiger partial charge on any atom is 0.322 e. The van der Waals surface area contributed by atoms with Crippen molar-refractivity contribution in [2.75, 3.05) is 56.0 Å². The molecule has 0 unspecified atom stereocenters. The largest absolute Gasteiger partial charge is 0.368 e. The number of aromatic nitrogens is 1. The van der Waals surface area contributed by atoms with Gasteiger partial charge in [0, 0.05) is 75.6 Å². The number of fused-ring (bicyclic) bond motifs is 1. The second kappa shape index (κ2) is 10.2. The molecule has 4 heterocycles. The molecular weight excluding hydrogens is 446 g/mol. The summed E-state index contributed by atoms with van der Waals surface area (Å²) in [6, 6.07) is 11.6. The highest BCUT2D eigenvalue weighted by Crippen LogP contribution is 2.27. The van der Waals surface area contributed by atoms with Gasteiger partial charge in [-0.1, -0.05) is 18.2 Å². The number of urea groups is 2. The van der Waals surface area contributed by atoms with Crippen molar-refractivity contribution in [3.8, 4) is 0 Å². The number of piperazine rings is 1. The minimum Gasteiger partial charge on any atom is -0.368 e. The monoisotopic (exact) mass is 477 g/mol. The lowest BCUT2D eigenvalue weighted by Crippen LogP contribution is -2.54. The van der Waals surface area contributed by atoms with E-state index in [1.165, 1.54) is 0 Å². The average Bonchev–Trinajstić information content (AvgIpc) is 2.92. The van der Waals surface area contributed by atoms with E-state index in [1.54, 1.807) is 22.2 Å². The van der Waals surface area contributed by atoms with Crippen molar-refractivity contribution in [3.05, 3.63) is 54.4 Å². The lowest BCUT2D eigenvalue weighted by atomic mass is 10.0. The van der Waals surface area contributed by atoms with Gasteiger partial charge in [0.1, 0.15) is 0 Å². The summed E-state index contributed by atoms with van der Waals surface area (Å²) in [4.78, 5) is 49.6. The van der Waals surface area contributed by atoms with E-state index >= 15 is 0 Å². The number of likely N-dealkylation sites (tertiary alicyclic amines) is 1. The Hall–Kier alpha value is -3.82. The predicted octanol–water partition coefficient (Wildman–Crippen LogP) is 1.95. The molecule has 0 radical (unpaired) electrons. The normalized spacial score (nSPS) is 18.7. The Balaban J connectivity index is 1.05. The lowest BCUT2D eigenvalue weighted by Gasteiger charge is -2.40. The summed E-state index contributed by atoms with van der Waals surface area (Å²) >= 11 is 0. The van der Waals surface area contributed by atoms with Gasteiger partial charge in [0.15, 0.2) is 0 Å². The van der Waals surface area contributed by atoms with Crippen molar-refractivity contribution in [2.45, 2.75) is 25.4 Å². The highest BCUT2D eigenvalue weighted by Gasteiger charge is 2.32. The minimum absolute atomic E-state index is 0.000661. The zero-order chi connectivity index (χ0) is 24.2. The number of rotatable bonds is 4. The highest BCUT2D eigenvalue weighted by molar-refractivity contribution is 5.92. The SMILES string of the molecule is O=C(CNC(=O)N1CCC(N2Cc3ccccc3NC2=O)CC1)N1CCN(c2ccncc2)CC1. The van der Waals surface area contributed by atoms with Crippen LogP contribution in [0.5, 0.6) is 0 Å². The molecule has 5 amide bonds. The van der Waals surface area contributed by atoms with E-state index in [9.17, 15) is 14.4 Å². The Labute approximate surface area is 204 Å². The second-order valence-electron chi connectivity index (χ2n) is 9.17. The molecule has 0 bridgehead atoms. The first-order chi connectivity index (χ1) is 17.1. The Morgan fingerprint density at radius 3 is 2.40 bits per heavy atom. The van der Waals surface area contributed by atoms with Crippen LogP contribution in [0.15, 0.2) is 48.8 Å². The molecule has 0 spiro atoms. The summed E-state index contributed by atoms with van der Waals surface area (Å²) in [6.07, 6.45) is 4.97. The zero-order valence-electron chi connectivity index (χ0n) is 19.7. The molecule has 5 rings (SSSR count). The molecule has 1 aromatic carbocycles. The van der Waals surface area contributed by atoms with Gasteiger partial charge < -0.3 is 30.2 Å². The fourth-order valence-electron chi connectivity index (χ4n) is 5.04. The molecule has 2 fully saturated rings. The fourth-order valence-corrected chi connectivity index (χ4v) is 5.04. The smallest absolute Gasteiger partial charge is 0.322 e. The van der Waals surface area contributed by atoms with Crippen LogP contribution in [0.1, 0.15) is 18.4 Å². The summed E-state index contributed by atoms with van der Waals surface area (Å²) in [5.41, 5.74) is 3.08. The van der Waals surface area contributed by atoms with Gasteiger partial charge in [-0.05, 0) is 36.6 Å². The average molecular weight is 478 g/mol. The van der Waals surface area contributed by atoms with E-state index in [2.05, 4.69) is 20.5 Å². The van der Waals surface area contributed by atoms with E-state index in [1.807, 2.05) is 41.3 Å². The van der Waals surface area contributed by atoms with Crippen LogP contribution in [-0.4, -0.2) is 89.5 Å². The van der Waals surface area contributed by atoms with Crippen LogP contribution in [-0.2, 0) is 11.3 Å². The number of pyridine rings is 1. The van der Waals surface area contributed by atoms with Gasteiger partial charge in [0.05, 0.1) is 6.54 Å². The topological polar surface area (TPSA) is 101 Å². The van der Waals surface area contributed by atoms with Crippen molar-refractivity contribution in [3.63, 3.8) is 0 Å². The number of hydrogen-bond donors (Lipinski definition) is 2. The molecule has 0 atom stereocenters. The minimum atomic E-state index is -0.222. The Bertz CT molecular complexity index is 1060. The first-order valence-corrected chi connectivity index (χ1v) is 12.2. The molecule has 3 aliphatic heterocycles. The third kappa shape index (κ3) is 5.16. The molecule has 2 N–H and O–H groups in total. The number of piperidine rings is 1. The number of para-hydroxylation sites is 1. The van der Waals surface area contributed by atoms with Crippen molar-refractivity contribution < 1.29 is 14.4 Å². The number of anilines is 2. The number of nitrogens with zero attached hydrogens (tertiary/aromatic N) is 5. The summed E-state index contributed by atoms with van der Waals surface area (Å²) in [5.74, 6) is -0.0636. The van der Waals surface area contributed by atoms with Crippen molar-refractivity contribution >= 4 is 29.3 Å². The molecule has 1 aromatic heterocycles. The van der Waals surface area contributed by atoms with Gasteiger partial charge in [-0.3, -0.25) is 9.78 Å². The van der Waals surface area contributed by atoms with Gasteiger partial charge in [0.25, 0.3) is 0 Å². The second-order valence-corrected chi connectivity index (χ2v) is 9.17. The lowest BCUT2D eigenvalue weighted by molar-refractivity contribution is -0.130. The summed E-state index contributed by atoms with van der Waals surface area (Å²) in [6.45, 7) is 4.47. The summed E-state index contributed by atoms with van der Waals surface area (Å²) in [5, 5.41) is 5.75. The van der Waals surface area contributed by atoms with Crippen molar-refractivity contribution in [2.24, 2.45) is 0 Å². The molecule has 0 saturated carbocycles. The van der Waals surface area contributed by atoms with E-state index in [4.69, 9.17) is 0 Å². The molecule has 2 saturated heterocycles. The quantitative estimate of drug-likeness (QED) is 0.701. The van der Waals surface area contributed by atoms with Crippen LogP contribution < -0.4 is 15.5 Å². The Morgan fingerprint density at radius 2 is 1.66 bits per heavy atom. The van der Waals surface area contributed by atoms with Crippen LogP contribution in [0.4, 0.5) is 21.0 Å². The van der Waals surface area contributed by atoms with E-state index in [-0.39, 0.29) is 30.6 Å². The number of hydrogen-bond acceptors (Lipinski definition) is 5. The highest BCUT2D eigenvalue weighted by atomic mass is 16.2. The summed E-state index contributed by atoms with van der Waals surface area (Å²) < 4.78 is 0. The first-order valence-electron chi connectivity index (χ1n) is 12.2. The molecule has 10 nitrogen and oxygen atoms in total. The number of carbonyl (C=O) groups excluding carboxylic acids is 3. The van der Waals surface area contributed by atoms with E-state index < -0.39 is 0 Å². The van der Waals surface area contributed by atoms with Gasteiger partial charge in [0.2, 0.25) is 5.91 Å². The van der Waals surface area contributed by atoms with Crippen LogP contribution in [0, 0.1) is 0 Å². The standard InChI is InChI=1S/C25H31N7O3/c33-23(30-15-13-29(14-16-30)20-5-9-26-10-6-20)17-27-24(34)31-11-7-21(8-12-31)32-18-19-3-1-2-4-22(19)28-25(32)35/h1-6,9-10,21H,7-8,11-18H2,(H,27,34)(H,28,35). The van der Waals surface area contributed by atoms with Crippen LogP contribution >= 0.6 is 0 Å². The fraction of sp³-hybridized carbons (Fsp3) is 0.440. The third-order valence-corrected chi connectivity index (χ3v) is 7.10. The molecule has 3 aliphatic rings. The molecule has 0 aliphatic carbocycles. The molecule has 10 heteroatoms. The van der Waals surface area contributed by atoms with Crippen molar-refractivity contribution in [1.29, 1.82) is 0 Å². The number of carbonyl (C=O) groups is 3. The van der Waals surface area contributed by atoms with Crippen LogP contribution in [0.3, 0.4) is 0 Å². The van der Waals surface area contributed by atoms with Gasteiger partial charge >= 0.3 is 12.1 Å².